The summed E-state index contributed by atoms with van der Waals surface area (Å²) in [6.07, 6.45) is 1.74. The molecule has 0 bridgehead atoms. The van der Waals surface area contributed by atoms with Gasteiger partial charge in [-0.3, -0.25) is 4.79 Å². The first-order valence-electron chi connectivity index (χ1n) is 9.39. The molecule has 1 N–H and O–H groups in total. The summed E-state index contributed by atoms with van der Waals surface area (Å²) in [4.78, 5) is 12.7. The zero-order valence-electron chi connectivity index (χ0n) is 15.7. The lowest BCUT2D eigenvalue weighted by molar-refractivity contribution is -0.173. The van der Waals surface area contributed by atoms with E-state index in [1.807, 2.05) is 19.1 Å². The average Bonchev–Trinajstić information content (AvgIpc) is 2.68. The molecule has 2 aliphatic heterocycles. The molecule has 1 amide bonds. The number of ether oxygens (including phenoxy) is 4. The van der Waals surface area contributed by atoms with Crippen LogP contribution in [0.4, 0.5) is 0 Å². The van der Waals surface area contributed by atoms with Crippen LogP contribution >= 0.6 is 0 Å². The van der Waals surface area contributed by atoms with E-state index in [1.54, 1.807) is 6.92 Å². The SMILES string of the molecule is CCOc1ccc(C2(CNC(=O)C3(C)COCCO3)CCOCC2)cc1. The van der Waals surface area contributed by atoms with E-state index in [1.165, 1.54) is 5.56 Å². The summed E-state index contributed by atoms with van der Waals surface area (Å²) in [7, 11) is 0. The van der Waals surface area contributed by atoms with Crippen LogP contribution in [0.15, 0.2) is 24.3 Å². The minimum atomic E-state index is -0.913. The standard InChI is InChI=1S/C20H29NO5/c1-3-25-17-6-4-16(5-7-17)20(8-10-23-11-9-20)14-21-18(22)19(2)15-24-12-13-26-19/h4-7H,3,8-15H2,1-2H3,(H,21,22). The summed E-state index contributed by atoms with van der Waals surface area (Å²) >= 11 is 0. The molecule has 1 atom stereocenters. The second-order valence-electron chi connectivity index (χ2n) is 7.16. The van der Waals surface area contributed by atoms with Gasteiger partial charge in [-0.05, 0) is 44.4 Å². The van der Waals surface area contributed by atoms with E-state index in [0.29, 0.717) is 39.6 Å². The number of carbonyl (C=O) groups excluding carboxylic acids is 1. The van der Waals surface area contributed by atoms with Crippen LogP contribution in [0.1, 0.15) is 32.3 Å². The maximum absolute atomic E-state index is 12.7. The van der Waals surface area contributed by atoms with Crippen LogP contribution in [0, 0.1) is 0 Å². The molecule has 0 saturated carbocycles. The molecule has 2 saturated heterocycles. The van der Waals surface area contributed by atoms with Crippen LogP contribution in [0.5, 0.6) is 5.75 Å². The van der Waals surface area contributed by atoms with Gasteiger partial charge < -0.3 is 24.3 Å². The molecule has 1 aromatic rings. The van der Waals surface area contributed by atoms with Crippen molar-refractivity contribution in [1.82, 2.24) is 5.32 Å². The zero-order chi connectivity index (χ0) is 18.5. The number of rotatable bonds is 6. The van der Waals surface area contributed by atoms with E-state index in [-0.39, 0.29) is 17.9 Å². The van der Waals surface area contributed by atoms with Gasteiger partial charge in [-0.25, -0.2) is 0 Å². The minimum Gasteiger partial charge on any atom is -0.494 e. The normalized spacial score (nSPS) is 25.5. The number of nitrogens with one attached hydrogen (secondary N) is 1. The molecule has 1 aromatic carbocycles. The Balaban J connectivity index is 1.72. The van der Waals surface area contributed by atoms with E-state index in [4.69, 9.17) is 18.9 Å². The molecule has 0 spiro atoms. The Hall–Kier alpha value is -1.63. The van der Waals surface area contributed by atoms with Crippen molar-refractivity contribution in [3.8, 4) is 5.75 Å². The van der Waals surface area contributed by atoms with Crippen molar-refractivity contribution in [3.63, 3.8) is 0 Å². The van der Waals surface area contributed by atoms with Gasteiger partial charge in [0.15, 0.2) is 5.60 Å². The molecular formula is C20H29NO5. The molecule has 144 valence electrons. The van der Waals surface area contributed by atoms with Gasteiger partial charge >= 0.3 is 0 Å². The van der Waals surface area contributed by atoms with Crippen LogP contribution in [-0.4, -0.2) is 57.7 Å². The van der Waals surface area contributed by atoms with Crippen molar-refractivity contribution in [2.75, 3.05) is 46.2 Å². The van der Waals surface area contributed by atoms with E-state index in [9.17, 15) is 4.79 Å². The molecule has 6 heteroatoms. The van der Waals surface area contributed by atoms with Crippen LogP contribution in [0.3, 0.4) is 0 Å². The summed E-state index contributed by atoms with van der Waals surface area (Å²) < 4.78 is 22.2. The van der Waals surface area contributed by atoms with Crippen molar-refractivity contribution in [1.29, 1.82) is 0 Å². The lowest BCUT2D eigenvalue weighted by Gasteiger charge is -2.39. The number of benzene rings is 1. The molecule has 3 rings (SSSR count). The maximum atomic E-state index is 12.7. The Labute approximate surface area is 155 Å². The monoisotopic (exact) mass is 363 g/mol. The van der Waals surface area contributed by atoms with E-state index >= 15 is 0 Å². The highest BCUT2D eigenvalue weighted by Crippen LogP contribution is 2.35. The van der Waals surface area contributed by atoms with Gasteiger partial charge in [0.25, 0.3) is 5.91 Å². The lowest BCUT2D eigenvalue weighted by atomic mass is 9.74. The molecule has 0 aliphatic carbocycles. The molecule has 26 heavy (non-hydrogen) atoms. The highest BCUT2D eigenvalue weighted by molar-refractivity contribution is 5.85. The fourth-order valence-electron chi connectivity index (χ4n) is 3.60. The summed E-state index contributed by atoms with van der Waals surface area (Å²) in [5.74, 6) is 0.747. The quantitative estimate of drug-likeness (QED) is 0.838. The van der Waals surface area contributed by atoms with Crippen LogP contribution in [0.2, 0.25) is 0 Å². The first-order chi connectivity index (χ1) is 12.6. The van der Waals surface area contributed by atoms with Crippen molar-refractivity contribution in [3.05, 3.63) is 29.8 Å². The van der Waals surface area contributed by atoms with E-state index in [0.717, 1.165) is 18.6 Å². The number of hydrogen-bond acceptors (Lipinski definition) is 5. The van der Waals surface area contributed by atoms with E-state index in [2.05, 4.69) is 17.4 Å². The van der Waals surface area contributed by atoms with Gasteiger partial charge in [0.1, 0.15) is 5.75 Å². The van der Waals surface area contributed by atoms with Crippen molar-refractivity contribution in [2.24, 2.45) is 0 Å². The van der Waals surface area contributed by atoms with Gasteiger partial charge in [-0.1, -0.05) is 12.1 Å². The Bertz CT molecular complexity index is 589. The number of carbonyl (C=O) groups is 1. The van der Waals surface area contributed by atoms with Gasteiger partial charge in [0, 0.05) is 25.2 Å². The fourth-order valence-corrected chi connectivity index (χ4v) is 3.60. The topological polar surface area (TPSA) is 66.0 Å². The van der Waals surface area contributed by atoms with Gasteiger partial charge in [0.2, 0.25) is 0 Å². The molecular weight excluding hydrogens is 334 g/mol. The van der Waals surface area contributed by atoms with Gasteiger partial charge in [-0.15, -0.1) is 0 Å². The van der Waals surface area contributed by atoms with Gasteiger partial charge in [0.05, 0.1) is 26.4 Å². The number of amides is 1. The minimum absolute atomic E-state index is 0.117. The van der Waals surface area contributed by atoms with Crippen molar-refractivity contribution >= 4 is 5.91 Å². The summed E-state index contributed by atoms with van der Waals surface area (Å²) in [6, 6.07) is 8.20. The van der Waals surface area contributed by atoms with Crippen LogP contribution in [0.25, 0.3) is 0 Å². The van der Waals surface area contributed by atoms with Crippen molar-refractivity contribution in [2.45, 2.75) is 37.7 Å². The van der Waals surface area contributed by atoms with Crippen molar-refractivity contribution < 1.29 is 23.7 Å². The third-order valence-electron chi connectivity index (χ3n) is 5.32. The molecule has 2 fully saturated rings. The lowest BCUT2D eigenvalue weighted by Crippen LogP contribution is -2.55. The smallest absolute Gasteiger partial charge is 0.254 e. The van der Waals surface area contributed by atoms with Gasteiger partial charge in [-0.2, -0.15) is 0 Å². The summed E-state index contributed by atoms with van der Waals surface area (Å²) in [5, 5.41) is 3.11. The molecule has 6 nitrogen and oxygen atoms in total. The maximum Gasteiger partial charge on any atom is 0.254 e. The predicted octanol–water partition coefficient (Wildman–Crippen LogP) is 2.06. The Morgan fingerprint density at radius 2 is 1.85 bits per heavy atom. The van der Waals surface area contributed by atoms with Crippen LogP contribution in [-0.2, 0) is 24.4 Å². The third kappa shape index (κ3) is 4.19. The highest BCUT2D eigenvalue weighted by Gasteiger charge is 2.40. The molecule has 1 unspecified atom stereocenters. The van der Waals surface area contributed by atoms with E-state index < -0.39 is 5.60 Å². The Morgan fingerprint density at radius 1 is 1.12 bits per heavy atom. The second-order valence-corrected chi connectivity index (χ2v) is 7.16. The van der Waals surface area contributed by atoms with Crippen LogP contribution < -0.4 is 10.1 Å². The predicted molar refractivity (Wildman–Crippen MR) is 97.5 cm³/mol. The first kappa shape index (κ1) is 19.1. The Morgan fingerprint density at radius 3 is 2.46 bits per heavy atom. The number of hydrogen-bond donors (Lipinski definition) is 1. The first-order valence-corrected chi connectivity index (χ1v) is 9.39. The summed E-state index contributed by atoms with van der Waals surface area (Å²) in [6.45, 7) is 7.63. The fraction of sp³-hybridized carbons (Fsp3) is 0.650. The molecule has 0 aromatic heterocycles. The largest absolute Gasteiger partial charge is 0.494 e. The third-order valence-corrected chi connectivity index (χ3v) is 5.32. The highest BCUT2D eigenvalue weighted by atomic mass is 16.6. The summed E-state index contributed by atoms with van der Waals surface area (Å²) in [5.41, 5.74) is 0.157. The molecule has 2 aliphatic rings. The second kappa shape index (κ2) is 8.37. The zero-order valence-corrected chi connectivity index (χ0v) is 15.7. The molecule has 2 heterocycles. The molecule has 0 radical (unpaired) electrons. The average molecular weight is 363 g/mol. The Kier molecular flexibility index (Phi) is 6.16.